The Balaban J connectivity index is 1.74. The highest BCUT2D eigenvalue weighted by molar-refractivity contribution is 7.86. The molecule has 1 N–H and O–H groups in total. The van der Waals surface area contributed by atoms with Gasteiger partial charge in [-0.3, -0.25) is 4.79 Å². The van der Waals surface area contributed by atoms with Crippen molar-refractivity contribution in [3.8, 4) is 0 Å². The van der Waals surface area contributed by atoms with E-state index in [1.165, 1.54) is 6.42 Å². The molecule has 0 heterocycles. The van der Waals surface area contributed by atoms with Crippen molar-refractivity contribution < 1.29 is 27.6 Å². The summed E-state index contributed by atoms with van der Waals surface area (Å²) in [6.07, 6.45) is 5.91. The molecule has 2 atom stereocenters. The standard InChI is InChI=1S/C16H26O6S/c1-14(2,18)16-6-11-3-12(7-16)5-15(4-11,9-16)10-22-13(17)8-23(19,20)21/h11-12,18H,3-10H2,1-2H3,(H,19,20,21)/p-1. The van der Waals surface area contributed by atoms with Crippen LogP contribution in [0.3, 0.4) is 0 Å². The number of rotatable bonds is 5. The molecule has 6 nitrogen and oxygen atoms in total. The molecule has 0 aromatic rings. The minimum atomic E-state index is -4.60. The van der Waals surface area contributed by atoms with Crippen molar-refractivity contribution in [2.75, 3.05) is 12.4 Å². The van der Waals surface area contributed by atoms with Crippen LogP contribution in [0.5, 0.6) is 0 Å². The van der Waals surface area contributed by atoms with Gasteiger partial charge in [0.05, 0.1) is 12.2 Å². The van der Waals surface area contributed by atoms with Crippen molar-refractivity contribution in [3.63, 3.8) is 0 Å². The zero-order valence-electron chi connectivity index (χ0n) is 13.7. The average Bonchev–Trinajstić information content (AvgIpc) is 2.31. The van der Waals surface area contributed by atoms with E-state index in [9.17, 15) is 22.9 Å². The number of carbonyl (C=O) groups excluding carboxylic acids is 1. The zero-order valence-corrected chi connectivity index (χ0v) is 14.5. The highest BCUT2D eigenvalue weighted by atomic mass is 32.2. The van der Waals surface area contributed by atoms with Crippen LogP contribution in [0.15, 0.2) is 0 Å². The van der Waals surface area contributed by atoms with Gasteiger partial charge in [0.1, 0.15) is 15.9 Å². The van der Waals surface area contributed by atoms with Gasteiger partial charge in [-0.2, -0.15) is 0 Å². The lowest BCUT2D eigenvalue weighted by Gasteiger charge is -2.65. The summed E-state index contributed by atoms with van der Waals surface area (Å²) < 4.78 is 37.1. The first kappa shape index (κ1) is 17.2. The summed E-state index contributed by atoms with van der Waals surface area (Å²) >= 11 is 0. The van der Waals surface area contributed by atoms with Crippen LogP contribution in [0.25, 0.3) is 0 Å². The van der Waals surface area contributed by atoms with E-state index in [2.05, 4.69) is 0 Å². The maximum Gasteiger partial charge on any atom is 0.319 e. The van der Waals surface area contributed by atoms with Gasteiger partial charge in [-0.15, -0.1) is 0 Å². The van der Waals surface area contributed by atoms with E-state index >= 15 is 0 Å². The van der Waals surface area contributed by atoms with Crippen molar-refractivity contribution in [2.24, 2.45) is 22.7 Å². The van der Waals surface area contributed by atoms with Gasteiger partial charge in [0.2, 0.25) is 0 Å². The van der Waals surface area contributed by atoms with E-state index in [0.29, 0.717) is 11.8 Å². The van der Waals surface area contributed by atoms with Crippen molar-refractivity contribution >= 4 is 16.1 Å². The smallest absolute Gasteiger partial charge is 0.319 e. The van der Waals surface area contributed by atoms with Crippen molar-refractivity contribution in [2.45, 2.75) is 58.0 Å². The Kier molecular flexibility index (Phi) is 3.86. The van der Waals surface area contributed by atoms with Crippen molar-refractivity contribution in [1.82, 2.24) is 0 Å². The van der Waals surface area contributed by atoms with E-state index in [1.807, 2.05) is 13.8 Å². The van der Waals surface area contributed by atoms with Gasteiger partial charge in [0.25, 0.3) is 0 Å². The first-order valence-corrected chi connectivity index (χ1v) is 9.81. The van der Waals surface area contributed by atoms with Crippen LogP contribution in [-0.4, -0.2) is 42.0 Å². The minimum Gasteiger partial charge on any atom is -0.748 e. The Bertz CT molecular complexity index is 589. The third kappa shape index (κ3) is 3.28. The normalized spacial score (nSPS) is 39.5. The first-order valence-electron chi connectivity index (χ1n) is 8.24. The van der Waals surface area contributed by atoms with Gasteiger partial charge < -0.3 is 14.4 Å². The summed E-state index contributed by atoms with van der Waals surface area (Å²) in [4.78, 5) is 11.6. The van der Waals surface area contributed by atoms with Gasteiger partial charge in [0, 0.05) is 5.41 Å². The van der Waals surface area contributed by atoms with Crippen LogP contribution in [0.4, 0.5) is 0 Å². The number of carbonyl (C=O) groups is 1. The minimum absolute atomic E-state index is 0.145. The number of ether oxygens (including phenoxy) is 1. The summed E-state index contributed by atoms with van der Waals surface area (Å²) in [5.41, 5.74) is -1.10. The van der Waals surface area contributed by atoms with Crippen LogP contribution in [0.1, 0.15) is 52.4 Å². The molecule has 0 saturated heterocycles. The molecule has 0 amide bonds. The molecule has 0 aromatic carbocycles. The lowest BCUT2D eigenvalue weighted by molar-refractivity contribution is -0.205. The zero-order chi connectivity index (χ0) is 17.1. The summed E-state index contributed by atoms with van der Waals surface area (Å²) in [6, 6.07) is 0. The Morgan fingerprint density at radius 3 is 2.30 bits per heavy atom. The molecule has 4 bridgehead atoms. The summed E-state index contributed by atoms with van der Waals surface area (Å²) in [7, 11) is -4.60. The molecular weight excluding hydrogens is 320 g/mol. The van der Waals surface area contributed by atoms with Crippen LogP contribution >= 0.6 is 0 Å². The van der Waals surface area contributed by atoms with Gasteiger partial charge in [-0.25, -0.2) is 8.42 Å². The topological polar surface area (TPSA) is 104 Å². The van der Waals surface area contributed by atoms with Crippen LogP contribution in [0.2, 0.25) is 0 Å². The quantitative estimate of drug-likeness (QED) is 0.597. The molecule has 0 spiro atoms. The molecule has 2 unspecified atom stereocenters. The molecule has 4 rings (SSSR count). The average molecular weight is 345 g/mol. The van der Waals surface area contributed by atoms with E-state index < -0.39 is 27.4 Å². The fraction of sp³-hybridized carbons (Fsp3) is 0.938. The van der Waals surface area contributed by atoms with Crippen LogP contribution in [-0.2, 0) is 19.6 Å². The highest BCUT2D eigenvalue weighted by Crippen LogP contribution is 2.68. The van der Waals surface area contributed by atoms with Gasteiger partial charge in [0.15, 0.2) is 0 Å². The summed E-state index contributed by atoms with van der Waals surface area (Å²) in [5.74, 6) is -1.01. The number of hydrogen-bond donors (Lipinski definition) is 1. The monoisotopic (exact) mass is 345 g/mol. The Hall–Kier alpha value is -0.660. The van der Waals surface area contributed by atoms with Crippen LogP contribution < -0.4 is 0 Å². The fourth-order valence-corrected chi connectivity index (χ4v) is 6.13. The van der Waals surface area contributed by atoms with E-state index in [-0.39, 0.29) is 17.4 Å². The molecule has 4 saturated carbocycles. The third-order valence-electron chi connectivity index (χ3n) is 6.31. The molecule has 7 heteroatoms. The maximum absolute atomic E-state index is 11.6. The Labute approximate surface area is 137 Å². The van der Waals surface area contributed by atoms with Gasteiger partial charge in [-0.1, -0.05) is 0 Å². The molecule has 0 radical (unpaired) electrons. The second-order valence-corrected chi connectivity index (χ2v) is 10.1. The van der Waals surface area contributed by atoms with E-state index in [4.69, 9.17) is 4.74 Å². The molecule has 4 aliphatic rings. The largest absolute Gasteiger partial charge is 0.748 e. The fourth-order valence-electron chi connectivity index (χ4n) is 5.76. The summed E-state index contributed by atoms with van der Waals surface area (Å²) in [5, 5.41) is 10.7. The molecule has 132 valence electrons. The molecule has 23 heavy (non-hydrogen) atoms. The van der Waals surface area contributed by atoms with Crippen molar-refractivity contribution in [1.29, 1.82) is 0 Å². The molecule has 4 fully saturated rings. The van der Waals surface area contributed by atoms with E-state index in [1.54, 1.807) is 0 Å². The highest BCUT2D eigenvalue weighted by Gasteiger charge is 2.62. The predicted molar refractivity (Wildman–Crippen MR) is 81.4 cm³/mol. The van der Waals surface area contributed by atoms with Gasteiger partial charge >= 0.3 is 5.97 Å². The SMILES string of the molecule is CC(C)(O)C12CC3CC(CC(COC(=O)CS(=O)(=O)[O-])(C3)C1)C2. The van der Waals surface area contributed by atoms with E-state index in [0.717, 1.165) is 32.1 Å². The molecule has 0 aliphatic heterocycles. The lowest BCUT2D eigenvalue weighted by atomic mass is 9.41. The van der Waals surface area contributed by atoms with Crippen molar-refractivity contribution in [3.05, 3.63) is 0 Å². The maximum atomic E-state index is 11.6. The van der Waals surface area contributed by atoms with Gasteiger partial charge in [-0.05, 0) is 69.6 Å². The number of esters is 1. The Morgan fingerprint density at radius 2 is 1.83 bits per heavy atom. The number of hydrogen-bond acceptors (Lipinski definition) is 6. The first-order chi connectivity index (χ1) is 10.4. The summed E-state index contributed by atoms with van der Waals surface area (Å²) in [6.45, 7) is 3.89. The number of aliphatic hydroxyl groups is 1. The Morgan fingerprint density at radius 1 is 1.26 bits per heavy atom. The van der Waals surface area contributed by atoms with Crippen LogP contribution in [0, 0.1) is 22.7 Å². The molecule has 0 aromatic heterocycles. The predicted octanol–water partition coefficient (Wildman–Crippen LogP) is 1.43. The molecule has 4 aliphatic carbocycles. The molecular formula is C16H25O6S-. The third-order valence-corrected chi connectivity index (χ3v) is 6.90. The lowest BCUT2D eigenvalue weighted by Crippen LogP contribution is -2.60. The second-order valence-electron chi connectivity index (χ2n) is 8.66. The second kappa shape index (κ2) is 5.17.